The van der Waals surface area contributed by atoms with Crippen molar-refractivity contribution in [1.82, 2.24) is 5.01 Å². The molecule has 1 aromatic carbocycles. The first kappa shape index (κ1) is 18.4. The summed E-state index contributed by atoms with van der Waals surface area (Å²) in [6.07, 6.45) is 3.51. The number of nitrogens with one attached hydrogen (secondary N) is 1. The molecule has 7 heteroatoms. The Morgan fingerprint density at radius 1 is 1.19 bits per heavy atom. The van der Waals surface area contributed by atoms with Gasteiger partial charge in [-0.25, -0.2) is 0 Å². The van der Waals surface area contributed by atoms with Crippen molar-refractivity contribution in [2.75, 3.05) is 18.0 Å². The zero-order valence-corrected chi connectivity index (χ0v) is 16.1. The van der Waals surface area contributed by atoms with Crippen LogP contribution in [-0.2, 0) is 4.79 Å². The minimum atomic E-state index is -0.380. The topological polar surface area (TPSA) is 72.1 Å². The van der Waals surface area contributed by atoms with Crippen LogP contribution in [0.4, 0.5) is 5.69 Å². The molecule has 0 aliphatic carbocycles. The molecule has 1 N–H and O–H groups in total. The van der Waals surface area contributed by atoms with E-state index in [0.717, 1.165) is 42.2 Å². The maximum absolute atomic E-state index is 12.4. The number of carbonyl (C=O) groups is 1. The number of amides is 1. The van der Waals surface area contributed by atoms with Gasteiger partial charge in [0.2, 0.25) is 5.17 Å². The minimum Gasteiger partial charge on any atom is -0.372 e. The summed E-state index contributed by atoms with van der Waals surface area (Å²) in [5, 5.41) is 15.6. The predicted molar refractivity (Wildman–Crippen MR) is 110 cm³/mol. The van der Waals surface area contributed by atoms with Gasteiger partial charge in [-0.2, -0.15) is 15.1 Å². The Morgan fingerprint density at radius 3 is 2.50 bits per heavy atom. The summed E-state index contributed by atoms with van der Waals surface area (Å²) in [5.74, 6) is -0.291. The van der Waals surface area contributed by atoms with Gasteiger partial charge in [-0.3, -0.25) is 10.2 Å². The molecular formula is C19H23N5OS. The van der Waals surface area contributed by atoms with Gasteiger partial charge in [0.05, 0.1) is 5.57 Å². The van der Waals surface area contributed by atoms with Crippen LogP contribution >= 0.6 is 11.8 Å². The Kier molecular flexibility index (Phi) is 5.56. The normalized spacial score (nSPS) is 18.1. The molecule has 0 aromatic heterocycles. The number of anilines is 1. The second-order valence-electron chi connectivity index (χ2n) is 6.03. The molecule has 6 nitrogen and oxygen atoms in total. The number of nitrogens with zero attached hydrogens (tertiary/aromatic N) is 4. The van der Waals surface area contributed by atoms with Gasteiger partial charge in [-0.05, 0) is 62.2 Å². The highest BCUT2D eigenvalue weighted by molar-refractivity contribution is 8.26. The average molecular weight is 369 g/mol. The Hall–Kier alpha value is -2.41. The van der Waals surface area contributed by atoms with E-state index in [4.69, 9.17) is 5.41 Å². The summed E-state index contributed by atoms with van der Waals surface area (Å²) >= 11 is 1.38. The van der Waals surface area contributed by atoms with E-state index in [9.17, 15) is 4.79 Å². The highest BCUT2D eigenvalue weighted by Crippen LogP contribution is 2.29. The molecule has 0 fully saturated rings. The first-order valence-corrected chi connectivity index (χ1v) is 9.73. The van der Waals surface area contributed by atoms with E-state index in [1.807, 2.05) is 24.3 Å². The molecule has 0 saturated heterocycles. The fraction of sp³-hybridized carbons (Fsp3) is 0.368. The van der Waals surface area contributed by atoms with Crippen LogP contribution in [-0.4, -0.2) is 40.1 Å². The lowest BCUT2D eigenvalue weighted by molar-refractivity contribution is -0.114. The molecule has 0 spiro atoms. The Labute approximate surface area is 158 Å². The number of aliphatic imine (C=N–C) groups is 1. The Morgan fingerprint density at radius 2 is 1.88 bits per heavy atom. The zero-order valence-electron chi connectivity index (χ0n) is 15.3. The minimum absolute atomic E-state index is 0.0893. The van der Waals surface area contributed by atoms with Crippen molar-refractivity contribution in [3.05, 3.63) is 35.4 Å². The molecule has 0 bridgehead atoms. The number of thioether (sulfide) groups is 1. The molecule has 136 valence electrons. The molecule has 2 aliphatic rings. The summed E-state index contributed by atoms with van der Waals surface area (Å²) in [4.78, 5) is 18.8. The van der Waals surface area contributed by atoms with Crippen molar-refractivity contribution in [1.29, 1.82) is 5.41 Å². The number of hydrazone groups is 1. The molecule has 1 aromatic rings. The first-order valence-electron chi connectivity index (χ1n) is 8.91. The fourth-order valence-electron chi connectivity index (χ4n) is 2.88. The van der Waals surface area contributed by atoms with E-state index < -0.39 is 0 Å². The average Bonchev–Trinajstić information content (AvgIpc) is 3.04. The number of amidine groups is 2. The van der Waals surface area contributed by atoms with Gasteiger partial charge in [0.1, 0.15) is 5.04 Å². The lowest BCUT2D eigenvalue weighted by atomic mass is 10.1. The molecule has 0 atom stereocenters. The molecule has 26 heavy (non-hydrogen) atoms. The van der Waals surface area contributed by atoms with Crippen molar-refractivity contribution in [3.63, 3.8) is 0 Å². The molecule has 0 saturated carbocycles. The number of benzene rings is 1. The third kappa shape index (κ3) is 3.58. The van der Waals surface area contributed by atoms with Gasteiger partial charge in [-0.1, -0.05) is 19.1 Å². The Balaban J connectivity index is 1.85. The monoisotopic (exact) mass is 369 g/mol. The summed E-state index contributed by atoms with van der Waals surface area (Å²) in [6, 6.07) is 8.00. The molecule has 2 heterocycles. The van der Waals surface area contributed by atoms with Gasteiger partial charge >= 0.3 is 0 Å². The molecule has 3 rings (SSSR count). The van der Waals surface area contributed by atoms with Crippen molar-refractivity contribution in [3.8, 4) is 0 Å². The molecule has 2 aliphatic heterocycles. The third-order valence-electron chi connectivity index (χ3n) is 4.29. The van der Waals surface area contributed by atoms with Crippen LogP contribution in [0.15, 0.2) is 39.9 Å². The number of carbonyl (C=O) groups excluding carboxylic acids is 1. The van der Waals surface area contributed by atoms with E-state index in [1.165, 1.54) is 16.8 Å². The predicted octanol–water partition coefficient (Wildman–Crippen LogP) is 3.95. The molecule has 0 radical (unpaired) electrons. The largest absolute Gasteiger partial charge is 0.372 e. The molecule has 1 amide bonds. The van der Waals surface area contributed by atoms with E-state index in [-0.39, 0.29) is 17.3 Å². The third-order valence-corrected chi connectivity index (χ3v) is 5.26. The van der Waals surface area contributed by atoms with Gasteiger partial charge < -0.3 is 4.90 Å². The van der Waals surface area contributed by atoms with Gasteiger partial charge in [0.15, 0.2) is 5.84 Å². The standard InChI is InChI=1S/C19H23N5OS/c1-4-7-16-22-24-17(20)15(18(25)21-19(24)26-16)12-13-8-10-14(11-9-13)23(5-2)6-3/h8-12,20H,4-7H2,1-3H3. The summed E-state index contributed by atoms with van der Waals surface area (Å²) in [6.45, 7) is 8.22. The van der Waals surface area contributed by atoms with Crippen LogP contribution in [0.2, 0.25) is 0 Å². The van der Waals surface area contributed by atoms with Crippen LogP contribution in [0, 0.1) is 5.41 Å². The smallest absolute Gasteiger partial charge is 0.283 e. The highest BCUT2D eigenvalue weighted by atomic mass is 32.2. The number of rotatable bonds is 6. The van der Waals surface area contributed by atoms with Crippen molar-refractivity contribution >= 4 is 45.5 Å². The molecular weight excluding hydrogens is 346 g/mol. The second-order valence-corrected chi connectivity index (χ2v) is 7.07. The van der Waals surface area contributed by atoms with E-state index in [0.29, 0.717) is 5.17 Å². The number of hydrogen-bond donors (Lipinski definition) is 1. The van der Waals surface area contributed by atoms with Crippen molar-refractivity contribution in [2.24, 2.45) is 10.1 Å². The van der Waals surface area contributed by atoms with Gasteiger partial charge in [0, 0.05) is 18.8 Å². The lowest BCUT2D eigenvalue weighted by Crippen LogP contribution is -2.35. The zero-order chi connectivity index (χ0) is 18.7. The van der Waals surface area contributed by atoms with Gasteiger partial charge in [-0.15, -0.1) is 0 Å². The van der Waals surface area contributed by atoms with E-state index >= 15 is 0 Å². The summed E-state index contributed by atoms with van der Waals surface area (Å²) in [7, 11) is 0. The van der Waals surface area contributed by atoms with Gasteiger partial charge in [0.25, 0.3) is 5.91 Å². The lowest BCUT2D eigenvalue weighted by Gasteiger charge is -2.21. The maximum Gasteiger partial charge on any atom is 0.283 e. The number of hydrogen-bond acceptors (Lipinski definition) is 5. The maximum atomic E-state index is 12.4. The Bertz CT molecular complexity index is 806. The van der Waals surface area contributed by atoms with Crippen LogP contribution in [0.3, 0.4) is 0 Å². The number of fused-ring (bicyclic) bond motifs is 1. The van der Waals surface area contributed by atoms with Crippen LogP contribution < -0.4 is 4.90 Å². The summed E-state index contributed by atoms with van der Waals surface area (Å²) in [5.41, 5.74) is 2.29. The molecule has 0 unspecified atom stereocenters. The second kappa shape index (κ2) is 7.86. The van der Waals surface area contributed by atoms with Crippen LogP contribution in [0.1, 0.15) is 39.2 Å². The van der Waals surface area contributed by atoms with E-state index in [2.05, 4.69) is 35.8 Å². The fourth-order valence-corrected chi connectivity index (χ4v) is 3.87. The van der Waals surface area contributed by atoms with Crippen molar-refractivity contribution < 1.29 is 4.79 Å². The van der Waals surface area contributed by atoms with Crippen molar-refractivity contribution in [2.45, 2.75) is 33.6 Å². The summed E-state index contributed by atoms with van der Waals surface area (Å²) < 4.78 is 0. The highest BCUT2D eigenvalue weighted by Gasteiger charge is 2.35. The van der Waals surface area contributed by atoms with Crippen LogP contribution in [0.5, 0.6) is 0 Å². The van der Waals surface area contributed by atoms with Crippen LogP contribution in [0.25, 0.3) is 6.08 Å². The first-order chi connectivity index (χ1) is 12.6. The SMILES string of the molecule is CCCC1=NN2C(=N)C(=Cc3ccc(N(CC)CC)cc3)C(=O)N=C2S1. The quantitative estimate of drug-likeness (QED) is 0.771. The van der Waals surface area contributed by atoms with E-state index in [1.54, 1.807) is 6.08 Å².